The summed E-state index contributed by atoms with van der Waals surface area (Å²) in [6.45, 7) is 0. The third kappa shape index (κ3) is 8.32. The molecule has 0 aromatic heterocycles. The molecule has 1 N–H and O–H groups in total. The molecule has 18 heavy (non-hydrogen) atoms. The number of oxime groups is 1. The first-order valence-corrected chi connectivity index (χ1v) is 7.78. The first-order chi connectivity index (χ1) is 8.93. The van der Waals surface area contributed by atoms with Crippen LogP contribution in [0.4, 0.5) is 0 Å². The maximum absolute atomic E-state index is 8.96. The molecule has 0 saturated carbocycles. The zero-order valence-electron chi connectivity index (χ0n) is 11.7. The lowest BCUT2D eigenvalue weighted by atomic mass is 10.0. The van der Waals surface area contributed by atoms with E-state index in [0.717, 1.165) is 18.6 Å². The molecule has 0 saturated heterocycles. The van der Waals surface area contributed by atoms with Gasteiger partial charge in [-0.2, -0.15) is 0 Å². The monoisotopic (exact) mass is 251 g/mol. The van der Waals surface area contributed by atoms with Crippen molar-refractivity contribution in [3.63, 3.8) is 0 Å². The molecule has 0 fully saturated rings. The average Bonchev–Trinajstić information content (AvgIpc) is 2.39. The summed E-state index contributed by atoms with van der Waals surface area (Å²) in [5, 5.41) is 12.4. The van der Waals surface area contributed by atoms with Crippen LogP contribution in [0.5, 0.6) is 0 Å². The Labute approximate surface area is 112 Å². The summed E-state index contributed by atoms with van der Waals surface area (Å²) < 4.78 is 0. The lowest BCUT2D eigenvalue weighted by Gasteiger charge is -2.05. The van der Waals surface area contributed by atoms with E-state index >= 15 is 0 Å². The standard InChI is InChI=1S/C16H29NO/c18-17-16-14-12-10-8-6-4-2-1-3-5-7-9-11-13-15-16/h1-2,18H,3-15H2. The molecule has 0 aliphatic heterocycles. The Bertz CT molecular complexity index is 245. The van der Waals surface area contributed by atoms with Gasteiger partial charge in [0.05, 0.1) is 5.71 Å². The number of allylic oxidation sites excluding steroid dienone is 2. The molecule has 0 heterocycles. The van der Waals surface area contributed by atoms with Gasteiger partial charge in [0, 0.05) is 0 Å². The minimum atomic E-state index is 0.992. The number of hydrogen-bond acceptors (Lipinski definition) is 2. The summed E-state index contributed by atoms with van der Waals surface area (Å²) in [5.74, 6) is 0. The smallest absolute Gasteiger partial charge is 0.0570 e. The highest BCUT2D eigenvalue weighted by Gasteiger charge is 2.01. The molecule has 0 unspecified atom stereocenters. The highest BCUT2D eigenvalue weighted by molar-refractivity contribution is 5.83. The molecule has 0 atom stereocenters. The van der Waals surface area contributed by atoms with Crippen LogP contribution in [0, 0.1) is 0 Å². The molecule has 1 rings (SSSR count). The molecular weight excluding hydrogens is 222 g/mol. The lowest BCUT2D eigenvalue weighted by Crippen LogP contribution is -1.99. The predicted octanol–water partition coefficient (Wildman–Crippen LogP) is 5.46. The van der Waals surface area contributed by atoms with Gasteiger partial charge in [0.15, 0.2) is 0 Å². The Kier molecular flexibility index (Phi) is 9.59. The van der Waals surface area contributed by atoms with Gasteiger partial charge >= 0.3 is 0 Å². The SMILES string of the molecule is ON=C1CCCCCCC=CCCCCCCC1. The van der Waals surface area contributed by atoms with Crippen molar-refractivity contribution in [3.8, 4) is 0 Å². The second-order valence-corrected chi connectivity index (χ2v) is 5.40. The molecule has 0 aromatic carbocycles. The summed E-state index contributed by atoms with van der Waals surface area (Å²) in [6, 6.07) is 0. The van der Waals surface area contributed by atoms with E-state index in [1.165, 1.54) is 70.6 Å². The van der Waals surface area contributed by atoms with Crippen LogP contribution in [0.25, 0.3) is 0 Å². The molecule has 0 aromatic rings. The number of rotatable bonds is 0. The molecule has 2 nitrogen and oxygen atoms in total. The van der Waals surface area contributed by atoms with Crippen molar-refractivity contribution in [3.05, 3.63) is 12.2 Å². The molecular formula is C16H29NO. The maximum atomic E-state index is 8.96. The minimum absolute atomic E-state index is 0.992. The van der Waals surface area contributed by atoms with Gasteiger partial charge in [0.1, 0.15) is 0 Å². The van der Waals surface area contributed by atoms with Crippen LogP contribution < -0.4 is 0 Å². The summed E-state index contributed by atoms with van der Waals surface area (Å²) >= 11 is 0. The van der Waals surface area contributed by atoms with Crippen molar-refractivity contribution in [2.75, 3.05) is 0 Å². The molecule has 2 heteroatoms. The largest absolute Gasteiger partial charge is 0.411 e. The van der Waals surface area contributed by atoms with E-state index in [0.29, 0.717) is 0 Å². The van der Waals surface area contributed by atoms with Crippen molar-refractivity contribution >= 4 is 5.71 Å². The van der Waals surface area contributed by atoms with Crippen LogP contribution in [0.3, 0.4) is 0 Å². The Morgan fingerprint density at radius 2 is 1.11 bits per heavy atom. The van der Waals surface area contributed by atoms with E-state index in [4.69, 9.17) is 5.21 Å². The molecule has 104 valence electrons. The van der Waals surface area contributed by atoms with Crippen LogP contribution in [0.2, 0.25) is 0 Å². The maximum Gasteiger partial charge on any atom is 0.0570 e. The van der Waals surface area contributed by atoms with Gasteiger partial charge in [-0.1, -0.05) is 49.4 Å². The molecule has 0 spiro atoms. The lowest BCUT2D eigenvalue weighted by molar-refractivity contribution is 0.315. The second-order valence-electron chi connectivity index (χ2n) is 5.40. The normalized spacial score (nSPS) is 24.1. The van der Waals surface area contributed by atoms with Crippen LogP contribution in [-0.4, -0.2) is 10.9 Å². The van der Waals surface area contributed by atoms with E-state index in [2.05, 4.69) is 17.3 Å². The van der Waals surface area contributed by atoms with Gasteiger partial charge in [-0.15, -0.1) is 0 Å². The van der Waals surface area contributed by atoms with Gasteiger partial charge in [0.25, 0.3) is 0 Å². The van der Waals surface area contributed by atoms with E-state index < -0.39 is 0 Å². The molecule has 0 radical (unpaired) electrons. The van der Waals surface area contributed by atoms with Crippen molar-refractivity contribution in [2.45, 2.75) is 83.5 Å². The Balaban J connectivity index is 2.26. The van der Waals surface area contributed by atoms with Gasteiger partial charge in [0.2, 0.25) is 0 Å². The number of hydrogen-bond donors (Lipinski definition) is 1. The highest BCUT2D eigenvalue weighted by Crippen LogP contribution is 2.13. The quantitative estimate of drug-likeness (QED) is 0.346. The third-order valence-corrected chi connectivity index (χ3v) is 3.73. The molecule has 0 amide bonds. The molecule has 0 bridgehead atoms. The predicted molar refractivity (Wildman–Crippen MR) is 78.4 cm³/mol. The van der Waals surface area contributed by atoms with Crippen molar-refractivity contribution < 1.29 is 5.21 Å². The highest BCUT2D eigenvalue weighted by atomic mass is 16.4. The van der Waals surface area contributed by atoms with Gasteiger partial charge < -0.3 is 5.21 Å². The summed E-state index contributed by atoms with van der Waals surface area (Å²) in [5.41, 5.74) is 1.02. The van der Waals surface area contributed by atoms with Crippen molar-refractivity contribution in [1.82, 2.24) is 0 Å². The van der Waals surface area contributed by atoms with Crippen LogP contribution in [0.15, 0.2) is 17.3 Å². The minimum Gasteiger partial charge on any atom is -0.411 e. The van der Waals surface area contributed by atoms with Crippen LogP contribution >= 0.6 is 0 Å². The first-order valence-electron chi connectivity index (χ1n) is 7.78. The van der Waals surface area contributed by atoms with Gasteiger partial charge in [-0.25, -0.2) is 0 Å². The fourth-order valence-corrected chi connectivity index (χ4v) is 2.53. The summed E-state index contributed by atoms with van der Waals surface area (Å²) in [7, 11) is 0. The zero-order valence-corrected chi connectivity index (χ0v) is 11.7. The first kappa shape index (κ1) is 15.3. The summed E-state index contributed by atoms with van der Waals surface area (Å²) in [6.07, 6.45) is 20.7. The van der Waals surface area contributed by atoms with E-state index in [1.807, 2.05) is 0 Å². The van der Waals surface area contributed by atoms with Crippen LogP contribution in [-0.2, 0) is 0 Å². The Morgan fingerprint density at radius 1 is 0.667 bits per heavy atom. The van der Waals surface area contributed by atoms with Crippen molar-refractivity contribution in [2.24, 2.45) is 5.16 Å². The average molecular weight is 251 g/mol. The van der Waals surface area contributed by atoms with Crippen molar-refractivity contribution in [1.29, 1.82) is 0 Å². The fourth-order valence-electron chi connectivity index (χ4n) is 2.53. The Morgan fingerprint density at radius 3 is 1.61 bits per heavy atom. The Hall–Kier alpha value is -0.790. The van der Waals surface area contributed by atoms with E-state index in [1.54, 1.807) is 0 Å². The second kappa shape index (κ2) is 11.3. The van der Waals surface area contributed by atoms with E-state index in [9.17, 15) is 0 Å². The van der Waals surface area contributed by atoms with Crippen LogP contribution in [0.1, 0.15) is 83.5 Å². The molecule has 1 aliphatic rings. The van der Waals surface area contributed by atoms with Gasteiger partial charge in [-0.05, 0) is 51.4 Å². The summed E-state index contributed by atoms with van der Waals surface area (Å²) in [4.78, 5) is 0. The number of nitrogens with zero attached hydrogens (tertiary/aromatic N) is 1. The topological polar surface area (TPSA) is 32.6 Å². The fraction of sp³-hybridized carbons (Fsp3) is 0.812. The zero-order chi connectivity index (χ0) is 12.9. The van der Waals surface area contributed by atoms with Gasteiger partial charge in [-0.3, -0.25) is 0 Å². The molecule has 1 aliphatic carbocycles. The van der Waals surface area contributed by atoms with E-state index in [-0.39, 0.29) is 0 Å². The third-order valence-electron chi connectivity index (χ3n) is 3.73.